The van der Waals surface area contributed by atoms with Crippen molar-refractivity contribution in [2.75, 3.05) is 18.0 Å². The van der Waals surface area contributed by atoms with Crippen molar-refractivity contribution in [3.8, 4) is 12.1 Å². The van der Waals surface area contributed by atoms with Crippen LogP contribution < -0.4 is 4.90 Å². The van der Waals surface area contributed by atoms with Crippen LogP contribution in [-0.4, -0.2) is 13.1 Å². The summed E-state index contributed by atoms with van der Waals surface area (Å²) >= 11 is 1.55. The Morgan fingerprint density at radius 3 is 2.17 bits per heavy atom. The molecule has 2 rings (SSSR count). The molecule has 0 fully saturated rings. The van der Waals surface area contributed by atoms with Gasteiger partial charge in [-0.3, -0.25) is 0 Å². The molecule has 0 aliphatic rings. The summed E-state index contributed by atoms with van der Waals surface area (Å²) in [5.41, 5.74) is 2.51. The summed E-state index contributed by atoms with van der Waals surface area (Å²) in [6.07, 6.45) is 5.73. The summed E-state index contributed by atoms with van der Waals surface area (Å²) in [7, 11) is 0. The first-order valence-corrected chi connectivity index (χ1v) is 8.66. The second-order valence-corrected chi connectivity index (χ2v) is 6.27. The van der Waals surface area contributed by atoms with Crippen LogP contribution in [0.4, 0.5) is 5.69 Å². The molecular formula is C20H19N3S. The van der Waals surface area contributed by atoms with E-state index in [4.69, 9.17) is 10.5 Å². The first-order valence-electron chi connectivity index (χ1n) is 7.85. The SMILES string of the molecule is CCN(CC)c1ccc(/C=C/c2ccc(C=C(C#N)C#N)s2)cc1. The van der Waals surface area contributed by atoms with E-state index in [-0.39, 0.29) is 5.57 Å². The molecule has 0 saturated carbocycles. The van der Waals surface area contributed by atoms with Crippen LogP contribution in [-0.2, 0) is 0 Å². The summed E-state index contributed by atoms with van der Waals surface area (Å²) in [6.45, 7) is 6.32. The minimum absolute atomic E-state index is 0.124. The minimum Gasteiger partial charge on any atom is -0.372 e. The van der Waals surface area contributed by atoms with E-state index in [0.717, 1.165) is 28.4 Å². The molecule has 1 heterocycles. The van der Waals surface area contributed by atoms with Crippen molar-refractivity contribution in [1.82, 2.24) is 0 Å². The standard InChI is InChI=1S/C20H19N3S/c1-3-23(4-2)18-8-5-16(6-9-18)7-10-19-11-12-20(24-19)13-17(14-21)15-22/h5-13H,3-4H2,1-2H3/b10-7+. The predicted octanol–water partition coefficient (Wildman–Crippen LogP) is 5.20. The highest BCUT2D eigenvalue weighted by Crippen LogP contribution is 2.22. The molecule has 0 aliphatic heterocycles. The van der Waals surface area contributed by atoms with E-state index in [0.29, 0.717) is 0 Å². The smallest absolute Gasteiger partial charge is 0.131 e. The van der Waals surface area contributed by atoms with E-state index < -0.39 is 0 Å². The second-order valence-electron chi connectivity index (χ2n) is 5.12. The molecule has 1 aromatic heterocycles. The van der Waals surface area contributed by atoms with Crippen LogP contribution in [0.5, 0.6) is 0 Å². The van der Waals surface area contributed by atoms with Gasteiger partial charge in [0.05, 0.1) is 0 Å². The van der Waals surface area contributed by atoms with Crippen LogP contribution in [0.25, 0.3) is 18.2 Å². The van der Waals surface area contributed by atoms with Gasteiger partial charge < -0.3 is 4.90 Å². The number of rotatable bonds is 6. The molecular weight excluding hydrogens is 314 g/mol. The van der Waals surface area contributed by atoms with Crippen molar-refractivity contribution in [3.63, 3.8) is 0 Å². The molecule has 0 unspecified atom stereocenters. The molecule has 0 saturated heterocycles. The predicted molar refractivity (Wildman–Crippen MR) is 102 cm³/mol. The Kier molecular flexibility index (Phi) is 6.37. The van der Waals surface area contributed by atoms with Gasteiger partial charge in [-0.1, -0.05) is 18.2 Å². The van der Waals surface area contributed by atoms with Gasteiger partial charge >= 0.3 is 0 Å². The fourth-order valence-corrected chi connectivity index (χ4v) is 3.19. The normalized spacial score (nSPS) is 10.2. The lowest BCUT2D eigenvalue weighted by molar-refractivity contribution is 0.866. The number of anilines is 1. The Balaban J connectivity index is 2.09. The van der Waals surface area contributed by atoms with E-state index >= 15 is 0 Å². The summed E-state index contributed by atoms with van der Waals surface area (Å²) in [5.74, 6) is 0. The van der Waals surface area contributed by atoms with Crippen LogP contribution in [0.15, 0.2) is 42.0 Å². The summed E-state index contributed by atoms with van der Waals surface area (Å²) < 4.78 is 0. The maximum Gasteiger partial charge on any atom is 0.131 e. The van der Waals surface area contributed by atoms with Gasteiger partial charge in [-0.2, -0.15) is 10.5 Å². The molecule has 0 spiro atoms. The molecule has 0 radical (unpaired) electrons. The quantitative estimate of drug-likeness (QED) is 0.683. The highest BCUT2D eigenvalue weighted by Gasteiger charge is 2.01. The third-order valence-corrected chi connectivity index (χ3v) is 4.63. The lowest BCUT2D eigenvalue weighted by atomic mass is 10.1. The van der Waals surface area contributed by atoms with Gasteiger partial charge in [-0.15, -0.1) is 11.3 Å². The number of hydrogen-bond donors (Lipinski definition) is 0. The van der Waals surface area contributed by atoms with Gasteiger partial charge in [0.15, 0.2) is 0 Å². The van der Waals surface area contributed by atoms with Gasteiger partial charge in [0.1, 0.15) is 17.7 Å². The molecule has 1 aromatic carbocycles. The maximum absolute atomic E-state index is 8.79. The Bertz CT molecular complexity index is 794. The fraction of sp³-hybridized carbons (Fsp3) is 0.200. The zero-order chi connectivity index (χ0) is 17.4. The molecule has 24 heavy (non-hydrogen) atoms. The Morgan fingerprint density at radius 2 is 1.58 bits per heavy atom. The number of nitrogens with zero attached hydrogens (tertiary/aromatic N) is 3. The van der Waals surface area contributed by atoms with E-state index in [1.807, 2.05) is 30.3 Å². The van der Waals surface area contributed by atoms with Gasteiger partial charge in [0, 0.05) is 28.5 Å². The molecule has 0 amide bonds. The fourth-order valence-electron chi connectivity index (χ4n) is 2.33. The van der Waals surface area contributed by atoms with Gasteiger partial charge in [-0.05, 0) is 55.8 Å². The Hall–Kier alpha value is -2.82. The molecule has 0 atom stereocenters. The van der Waals surface area contributed by atoms with E-state index in [1.54, 1.807) is 17.4 Å². The lowest BCUT2D eigenvalue weighted by Gasteiger charge is -2.20. The maximum atomic E-state index is 8.79. The van der Waals surface area contributed by atoms with Crippen molar-refractivity contribution in [2.45, 2.75) is 13.8 Å². The number of allylic oxidation sites excluding steroid dienone is 1. The van der Waals surface area contributed by atoms with Crippen molar-refractivity contribution in [1.29, 1.82) is 10.5 Å². The first-order chi connectivity index (χ1) is 11.7. The molecule has 0 bridgehead atoms. The van der Waals surface area contributed by atoms with Crippen LogP contribution in [0.2, 0.25) is 0 Å². The van der Waals surface area contributed by atoms with Crippen molar-refractivity contribution < 1.29 is 0 Å². The molecule has 120 valence electrons. The first kappa shape index (κ1) is 17.5. The zero-order valence-corrected chi connectivity index (χ0v) is 14.7. The van der Waals surface area contributed by atoms with Crippen molar-refractivity contribution in [2.24, 2.45) is 0 Å². The van der Waals surface area contributed by atoms with Crippen LogP contribution in [0, 0.1) is 22.7 Å². The minimum atomic E-state index is 0.124. The van der Waals surface area contributed by atoms with E-state index in [9.17, 15) is 0 Å². The zero-order valence-electron chi connectivity index (χ0n) is 13.9. The second kappa shape index (κ2) is 8.72. The molecule has 2 aromatic rings. The van der Waals surface area contributed by atoms with Crippen molar-refractivity contribution in [3.05, 3.63) is 57.3 Å². The van der Waals surface area contributed by atoms with Gasteiger partial charge in [0.2, 0.25) is 0 Å². The topological polar surface area (TPSA) is 50.8 Å². The summed E-state index contributed by atoms with van der Waals surface area (Å²) in [5, 5.41) is 17.6. The van der Waals surface area contributed by atoms with Crippen LogP contribution in [0.3, 0.4) is 0 Å². The monoisotopic (exact) mass is 333 g/mol. The molecule has 3 nitrogen and oxygen atoms in total. The Labute approximate surface area is 147 Å². The largest absolute Gasteiger partial charge is 0.372 e. The Morgan fingerprint density at radius 1 is 0.958 bits per heavy atom. The average molecular weight is 333 g/mol. The lowest BCUT2D eigenvalue weighted by Crippen LogP contribution is -2.21. The highest BCUT2D eigenvalue weighted by atomic mass is 32.1. The number of benzene rings is 1. The van der Waals surface area contributed by atoms with Gasteiger partial charge in [0.25, 0.3) is 0 Å². The van der Waals surface area contributed by atoms with Crippen LogP contribution >= 0.6 is 11.3 Å². The molecule has 0 N–H and O–H groups in total. The summed E-state index contributed by atoms with van der Waals surface area (Å²) in [6, 6.07) is 16.2. The molecule has 4 heteroatoms. The third kappa shape index (κ3) is 4.59. The molecule has 0 aliphatic carbocycles. The highest BCUT2D eigenvalue weighted by molar-refractivity contribution is 7.13. The average Bonchev–Trinajstić information content (AvgIpc) is 3.07. The van der Waals surface area contributed by atoms with Crippen molar-refractivity contribution >= 4 is 35.3 Å². The number of thiophene rings is 1. The van der Waals surface area contributed by atoms with E-state index in [2.05, 4.69) is 49.1 Å². The van der Waals surface area contributed by atoms with E-state index in [1.165, 1.54) is 5.69 Å². The van der Waals surface area contributed by atoms with Gasteiger partial charge in [-0.25, -0.2) is 0 Å². The summed E-state index contributed by atoms with van der Waals surface area (Å²) in [4.78, 5) is 4.31. The number of hydrogen-bond acceptors (Lipinski definition) is 4. The number of nitriles is 2. The van der Waals surface area contributed by atoms with Crippen LogP contribution in [0.1, 0.15) is 29.2 Å². The third-order valence-electron chi connectivity index (χ3n) is 3.64.